The molecule has 0 unspecified atom stereocenters. The number of fused-ring (bicyclic) bond motifs is 1. The molecule has 1 aliphatic rings. The molecule has 0 radical (unpaired) electrons. The lowest BCUT2D eigenvalue weighted by Crippen LogP contribution is -2.38. The first-order valence-electron chi connectivity index (χ1n) is 10.8. The Bertz CT molecular complexity index is 1160. The maximum atomic E-state index is 13.3. The molecule has 1 aliphatic heterocycles. The fourth-order valence-electron chi connectivity index (χ4n) is 3.69. The van der Waals surface area contributed by atoms with Gasteiger partial charge in [0, 0.05) is 18.3 Å². The van der Waals surface area contributed by atoms with Crippen molar-refractivity contribution in [1.82, 2.24) is 14.7 Å². The van der Waals surface area contributed by atoms with E-state index in [4.69, 9.17) is 9.47 Å². The Labute approximate surface area is 190 Å². The molecule has 3 aromatic rings. The summed E-state index contributed by atoms with van der Waals surface area (Å²) in [6.07, 6.45) is 2.03. The van der Waals surface area contributed by atoms with Gasteiger partial charge in [0.1, 0.15) is 25.6 Å². The summed E-state index contributed by atoms with van der Waals surface area (Å²) < 4.78 is 25.9. The molecule has 2 aromatic carbocycles. The Hall–Kier alpha value is -3.88. The number of aromatic nitrogens is 2. The zero-order valence-corrected chi connectivity index (χ0v) is 18.5. The Balaban J connectivity index is 1.48. The highest BCUT2D eigenvalue weighted by Crippen LogP contribution is 2.32. The summed E-state index contributed by atoms with van der Waals surface area (Å²) >= 11 is 0. The normalized spacial score (nSPS) is 12.3. The minimum Gasteiger partial charge on any atom is -0.486 e. The van der Waals surface area contributed by atoms with Crippen LogP contribution in [0.1, 0.15) is 29.9 Å². The second-order valence-corrected chi connectivity index (χ2v) is 7.47. The number of hydrogen-bond donors (Lipinski definition) is 1. The molecule has 1 aromatic heterocycles. The summed E-state index contributed by atoms with van der Waals surface area (Å²) in [6, 6.07) is 11.1. The maximum Gasteiger partial charge on any atom is 0.257 e. The molecule has 0 fully saturated rings. The van der Waals surface area contributed by atoms with Crippen LogP contribution in [-0.2, 0) is 11.2 Å². The predicted molar refractivity (Wildman–Crippen MR) is 121 cm³/mol. The number of hydrogen-bond acceptors (Lipinski definition) is 5. The fraction of sp³-hybridized carbons (Fsp3) is 0.292. The Morgan fingerprint density at radius 2 is 1.82 bits per heavy atom. The Morgan fingerprint density at radius 1 is 1.09 bits per heavy atom. The van der Waals surface area contributed by atoms with E-state index in [1.54, 1.807) is 35.0 Å². The molecule has 8 nitrogen and oxygen atoms in total. The molecule has 0 spiro atoms. The molecule has 0 bridgehead atoms. The molecular formula is C24H25FN4O4. The van der Waals surface area contributed by atoms with Gasteiger partial charge in [-0.3, -0.25) is 9.59 Å². The second-order valence-electron chi connectivity index (χ2n) is 7.47. The molecule has 33 heavy (non-hydrogen) atoms. The highest BCUT2D eigenvalue weighted by Gasteiger charge is 2.23. The SMILES string of the molecule is CCc1c(C(=O)N(CC)CC(=O)Nc2ccc3c(c2)OCCO3)cnn1-c1ccc(F)cc1. The van der Waals surface area contributed by atoms with Crippen LogP contribution in [-0.4, -0.2) is 52.8 Å². The summed E-state index contributed by atoms with van der Waals surface area (Å²) in [7, 11) is 0. The van der Waals surface area contributed by atoms with Crippen molar-refractivity contribution < 1.29 is 23.5 Å². The highest BCUT2D eigenvalue weighted by atomic mass is 19.1. The van der Waals surface area contributed by atoms with Crippen LogP contribution in [0, 0.1) is 5.82 Å². The van der Waals surface area contributed by atoms with Crippen molar-refractivity contribution in [3.8, 4) is 17.2 Å². The third-order valence-corrected chi connectivity index (χ3v) is 5.33. The topological polar surface area (TPSA) is 85.7 Å². The van der Waals surface area contributed by atoms with E-state index in [9.17, 15) is 14.0 Å². The van der Waals surface area contributed by atoms with Crippen LogP contribution in [0.15, 0.2) is 48.7 Å². The first-order chi connectivity index (χ1) is 16.0. The number of benzene rings is 2. The molecule has 2 amide bonds. The van der Waals surface area contributed by atoms with E-state index in [-0.39, 0.29) is 24.2 Å². The van der Waals surface area contributed by atoms with Crippen LogP contribution in [0.3, 0.4) is 0 Å². The zero-order valence-electron chi connectivity index (χ0n) is 18.5. The largest absolute Gasteiger partial charge is 0.486 e. The predicted octanol–water partition coefficient (Wildman–Crippen LogP) is 3.45. The summed E-state index contributed by atoms with van der Waals surface area (Å²) in [5.41, 5.74) is 2.32. The quantitative estimate of drug-likeness (QED) is 0.594. The lowest BCUT2D eigenvalue weighted by Gasteiger charge is -2.21. The first kappa shape index (κ1) is 22.3. The number of carbonyl (C=O) groups is 2. The van der Waals surface area contributed by atoms with Gasteiger partial charge in [-0.2, -0.15) is 5.10 Å². The van der Waals surface area contributed by atoms with Gasteiger partial charge in [-0.05, 0) is 49.7 Å². The van der Waals surface area contributed by atoms with Crippen molar-refractivity contribution in [1.29, 1.82) is 0 Å². The van der Waals surface area contributed by atoms with Gasteiger partial charge in [-0.25, -0.2) is 9.07 Å². The van der Waals surface area contributed by atoms with Crippen LogP contribution in [0.2, 0.25) is 0 Å². The standard InChI is InChI=1S/C24H25FN4O4/c1-3-20-19(14-26-29(20)18-8-5-16(25)6-9-18)24(31)28(4-2)15-23(30)27-17-7-10-21-22(13-17)33-12-11-32-21/h5-10,13-14H,3-4,11-12,15H2,1-2H3,(H,27,30). The molecule has 0 aliphatic carbocycles. The van der Waals surface area contributed by atoms with Gasteiger partial charge >= 0.3 is 0 Å². The van der Waals surface area contributed by atoms with Gasteiger partial charge in [0.2, 0.25) is 5.91 Å². The number of rotatable bonds is 7. The molecule has 1 N–H and O–H groups in total. The molecule has 0 atom stereocenters. The summed E-state index contributed by atoms with van der Waals surface area (Å²) in [5, 5.41) is 7.14. The van der Waals surface area contributed by atoms with Gasteiger partial charge in [-0.1, -0.05) is 6.92 Å². The van der Waals surface area contributed by atoms with Gasteiger partial charge in [0.25, 0.3) is 5.91 Å². The van der Waals surface area contributed by atoms with Crippen molar-refractivity contribution in [2.45, 2.75) is 20.3 Å². The molecule has 9 heteroatoms. The van der Waals surface area contributed by atoms with Crippen molar-refractivity contribution >= 4 is 17.5 Å². The number of likely N-dealkylation sites (N-methyl/N-ethyl adjacent to an activating group) is 1. The van der Waals surface area contributed by atoms with Crippen LogP contribution in [0.4, 0.5) is 10.1 Å². The first-order valence-corrected chi connectivity index (χ1v) is 10.8. The zero-order chi connectivity index (χ0) is 23.4. The van der Waals surface area contributed by atoms with E-state index in [2.05, 4.69) is 10.4 Å². The minimum atomic E-state index is -0.346. The maximum absolute atomic E-state index is 13.3. The average Bonchev–Trinajstić information content (AvgIpc) is 3.26. The van der Waals surface area contributed by atoms with Crippen molar-refractivity contribution in [3.05, 3.63) is 65.7 Å². The fourth-order valence-corrected chi connectivity index (χ4v) is 3.69. The van der Waals surface area contributed by atoms with Crippen LogP contribution < -0.4 is 14.8 Å². The lowest BCUT2D eigenvalue weighted by atomic mass is 10.1. The molecule has 172 valence electrons. The van der Waals surface area contributed by atoms with Gasteiger partial charge < -0.3 is 19.7 Å². The Morgan fingerprint density at radius 3 is 2.52 bits per heavy atom. The smallest absolute Gasteiger partial charge is 0.257 e. The van der Waals surface area contributed by atoms with E-state index in [0.29, 0.717) is 60.3 Å². The van der Waals surface area contributed by atoms with Gasteiger partial charge in [0.15, 0.2) is 11.5 Å². The summed E-state index contributed by atoms with van der Waals surface area (Å²) in [6.45, 7) is 4.90. The lowest BCUT2D eigenvalue weighted by molar-refractivity contribution is -0.116. The molecule has 2 heterocycles. The number of anilines is 1. The molecule has 0 saturated carbocycles. The molecular weight excluding hydrogens is 427 g/mol. The van der Waals surface area contributed by atoms with E-state index in [1.165, 1.54) is 23.2 Å². The number of halogens is 1. The molecule has 4 rings (SSSR count). The number of nitrogens with one attached hydrogen (secondary N) is 1. The van der Waals surface area contributed by atoms with Gasteiger partial charge in [0.05, 0.1) is 23.1 Å². The monoisotopic (exact) mass is 452 g/mol. The number of amides is 2. The summed E-state index contributed by atoms with van der Waals surface area (Å²) in [5.74, 6) is 0.241. The second kappa shape index (κ2) is 9.72. The van der Waals surface area contributed by atoms with E-state index in [1.807, 2.05) is 13.8 Å². The van der Waals surface area contributed by atoms with Gasteiger partial charge in [-0.15, -0.1) is 0 Å². The number of carbonyl (C=O) groups excluding carboxylic acids is 2. The van der Waals surface area contributed by atoms with E-state index >= 15 is 0 Å². The highest BCUT2D eigenvalue weighted by molar-refractivity contribution is 6.00. The third kappa shape index (κ3) is 4.82. The average molecular weight is 452 g/mol. The van der Waals surface area contributed by atoms with Crippen molar-refractivity contribution in [2.75, 3.05) is 31.6 Å². The number of nitrogens with zero attached hydrogens (tertiary/aromatic N) is 3. The Kier molecular flexibility index (Phi) is 6.58. The minimum absolute atomic E-state index is 0.116. The van der Waals surface area contributed by atoms with E-state index in [0.717, 1.165) is 0 Å². The van der Waals surface area contributed by atoms with Crippen molar-refractivity contribution in [3.63, 3.8) is 0 Å². The third-order valence-electron chi connectivity index (χ3n) is 5.33. The van der Waals surface area contributed by atoms with Crippen molar-refractivity contribution in [2.24, 2.45) is 0 Å². The summed E-state index contributed by atoms with van der Waals surface area (Å²) in [4.78, 5) is 27.4. The van der Waals surface area contributed by atoms with Crippen LogP contribution in [0.25, 0.3) is 5.69 Å². The van der Waals surface area contributed by atoms with Crippen LogP contribution in [0.5, 0.6) is 11.5 Å². The van der Waals surface area contributed by atoms with E-state index < -0.39 is 0 Å². The molecule has 0 saturated heterocycles. The van der Waals surface area contributed by atoms with Crippen LogP contribution >= 0.6 is 0 Å². The number of ether oxygens (including phenoxy) is 2.